The van der Waals surface area contributed by atoms with E-state index in [9.17, 15) is 0 Å². The first-order valence-corrected chi connectivity index (χ1v) is 13.8. The van der Waals surface area contributed by atoms with E-state index >= 15 is 0 Å². The average Bonchev–Trinajstić information content (AvgIpc) is 3.14. The fraction of sp³-hybridized carbons (Fsp3) is 0.636. The summed E-state index contributed by atoms with van der Waals surface area (Å²) in [5.41, 5.74) is 7.24. The molecule has 1 heteroatoms. The van der Waals surface area contributed by atoms with Gasteiger partial charge in [-0.25, -0.2) is 0 Å². The van der Waals surface area contributed by atoms with Crippen molar-refractivity contribution in [2.24, 2.45) is 23.7 Å². The van der Waals surface area contributed by atoms with Gasteiger partial charge in [-0.2, -0.15) is 0 Å². The van der Waals surface area contributed by atoms with Gasteiger partial charge in [-0.15, -0.1) is 0 Å². The van der Waals surface area contributed by atoms with E-state index in [0.29, 0.717) is 0 Å². The van der Waals surface area contributed by atoms with Gasteiger partial charge in [0.05, 0.1) is 0 Å². The van der Waals surface area contributed by atoms with Crippen LogP contribution in [0.15, 0.2) is 46.6 Å². The van der Waals surface area contributed by atoms with Gasteiger partial charge >= 0.3 is 154 Å². The average molecular weight is 473 g/mol. The molecule has 4 aliphatic carbocycles. The maximum atomic E-state index is 2.62. The minimum absolute atomic E-state index is 0.759. The van der Waals surface area contributed by atoms with Gasteiger partial charge in [0.25, 0.3) is 0 Å². The summed E-state index contributed by atoms with van der Waals surface area (Å²) in [7, 11) is 0. The molecule has 0 fully saturated rings. The van der Waals surface area contributed by atoms with Gasteiger partial charge < -0.3 is 0 Å². The Balaban J connectivity index is 1.58. The second-order valence-corrected chi connectivity index (χ2v) is 14.1. The van der Waals surface area contributed by atoms with E-state index in [4.69, 9.17) is 0 Å². The molecular weight excluding hydrogens is 443 g/mol. The van der Waals surface area contributed by atoms with Crippen LogP contribution in [0.3, 0.4) is 0 Å². The second-order valence-electron chi connectivity index (χ2n) is 8.42. The molecule has 0 nitrogen and oxygen atoms in total. The fourth-order valence-electron chi connectivity index (χ4n) is 5.34. The molecule has 0 heterocycles. The van der Waals surface area contributed by atoms with Crippen molar-refractivity contribution in [3.05, 3.63) is 46.6 Å². The Morgan fingerprint density at radius 1 is 0.652 bits per heavy atom. The zero-order valence-corrected chi connectivity index (χ0v) is 18.7. The first-order chi connectivity index (χ1) is 11.1. The Morgan fingerprint density at radius 2 is 1.04 bits per heavy atom. The van der Waals surface area contributed by atoms with Crippen LogP contribution in [0.5, 0.6) is 0 Å². The number of hydrogen-bond acceptors (Lipinski definition) is 0. The monoisotopic (exact) mass is 474 g/mol. The molecule has 0 radical (unpaired) electrons. The van der Waals surface area contributed by atoms with E-state index in [2.05, 4.69) is 52.0 Å². The van der Waals surface area contributed by atoms with Crippen molar-refractivity contribution in [2.45, 2.75) is 60.7 Å². The normalized spacial score (nSPS) is 42.3. The molecule has 0 aromatic rings. The zero-order valence-electron chi connectivity index (χ0n) is 15.1. The molecule has 0 N–H and O–H groups in total. The number of hydrogen-bond donors (Lipinski definition) is 0. The summed E-state index contributed by atoms with van der Waals surface area (Å²) in [5.74, 6) is 3.31. The first-order valence-electron chi connectivity index (χ1n) is 9.66. The molecular formula is C22H30Hf. The molecule has 122 valence electrons. The van der Waals surface area contributed by atoms with Crippen LogP contribution in [-0.4, -0.2) is 0 Å². The van der Waals surface area contributed by atoms with Gasteiger partial charge in [0.2, 0.25) is 0 Å². The van der Waals surface area contributed by atoms with Crippen LogP contribution in [0.4, 0.5) is 0 Å². The van der Waals surface area contributed by atoms with Gasteiger partial charge in [-0.1, -0.05) is 0 Å². The number of rotatable bonds is 2. The quantitative estimate of drug-likeness (QED) is 0.402. The van der Waals surface area contributed by atoms with Crippen molar-refractivity contribution in [3.8, 4) is 0 Å². The molecule has 0 saturated heterocycles. The van der Waals surface area contributed by atoms with Gasteiger partial charge in [-0.3, -0.25) is 0 Å². The summed E-state index contributed by atoms with van der Waals surface area (Å²) in [6, 6.07) is 0. The van der Waals surface area contributed by atoms with E-state index in [1.54, 1.807) is 11.1 Å². The molecule has 4 aliphatic rings. The van der Waals surface area contributed by atoms with Gasteiger partial charge in [0.15, 0.2) is 0 Å². The molecule has 0 amide bonds. The molecule has 0 spiro atoms. The Morgan fingerprint density at radius 3 is 1.48 bits per heavy atom. The molecule has 0 aromatic carbocycles. The van der Waals surface area contributed by atoms with Gasteiger partial charge in [-0.05, 0) is 0 Å². The van der Waals surface area contributed by atoms with Crippen molar-refractivity contribution >= 4 is 0 Å². The SMILES string of the molecule is CC1CCC(C)C2=C1C=C[CH]2[Hf][CH]1C=CC2=C1C(C)CCC2C. The fourth-order valence-corrected chi connectivity index (χ4v) is 12.8. The van der Waals surface area contributed by atoms with Gasteiger partial charge in [0, 0.05) is 0 Å². The van der Waals surface area contributed by atoms with Crippen LogP contribution in [0.2, 0.25) is 7.35 Å². The van der Waals surface area contributed by atoms with Crippen molar-refractivity contribution in [2.75, 3.05) is 0 Å². The van der Waals surface area contributed by atoms with Crippen LogP contribution >= 0.6 is 0 Å². The summed E-state index contributed by atoms with van der Waals surface area (Å²) in [6.45, 7) is 9.88. The molecule has 6 atom stereocenters. The van der Waals surface area contributed by atoms with Crippen molar-refractivity contribution in [3.63, 3.8) is 0 Å². The van der Waals surface area contributed by atoms with Crippen LogP contribution in [0.25, 0.3) is 0 Å². The Hall–Kier alpha value is -0.170. The van der Waals surface area contributed by atoms with Crippen molar-refractivity contribution < 1.29 is 22.9 Å². The van der Waals surface area contributed by atoms with E-state index in [1.807, 2.05) is 11.1 Å². The Bertz CT molecular complexity index is 564. The molecule has 0 aliphatic heterocycles. The third-order valence-electron chi connectivity index (χ3n) is 6.82. The van der Waals surface area contributed by atoms with Crippen molar-refractivity contribution in [1.82, 2.24) is 0 Å². The standard InChI is InChI=1S/2C11H15.Hf/c2*1-8-6-7-9(2)11-5-3-4-10(8)11;/h2*3-5,8-9H,6-7H2,1-2H3;. The predicted octanol–water partition coefficient (Wildman–Crippen LogP) is 6.51. The summed E-state index contributed by atoms with van der Waals surface area (Å²) in [5, 5.41) is 0. The third-order valence-corrected chi connectivity index (χ3v) is 13.0. The zero-order chi connectivity index (χ0) is 16.1. The van der Waals surface area contributed by atoms with Crippen LogP contribution in [-0.2, 0) is 22.9 Å². The number of allylic oxidation sites excluding steroid dienone is 8. The molecule has 0 bridgehead atoms. The van der Waals surface area contributed by atoms with E-state index in [1.165, 1.54) is 25.7 Å². The molecule has 23 heavy (non-hydrogen) atoms. The van der Waals surface area contributed by atoms with E-state index in [-0.39, 0.29) is 0 Å². The molecule has 0 aromatic heterocycles. The van der Waals surface area contributed by atoms with Crippen LogP contribution < -0.4 is 0 Å². The second kappa shape index (κ2) is 6.28. The van der Waals surface area contributed by atoms with Crippen molar-refractivity contribution in [1.29, 1.82) is 0 Å². The van der Waals surface area contributed by atoms with Crippen LogP contribution in [0.1, 0.15) is 53.4 Å². The molecule has 4 rings (SSSR count). The minimum atomic E-state index is -0.759. The summed E-state index contributed by atoms with van der Waals surface area (Å²) < 4.78 is 1.79. The van der Waals surface area contributed by atoms with Crippen LogP contribution in [0, 0.1) is 23.7 Å². The van der Waals surface area contributed by atoms with Gasteiger partial charge in [0.1, 0.15) is 0 Å². The third kappa shape index (κ3) is 2.75. The summed E-state index contributed by atoms with van der Waals surface area (Å²) >= 11 is -0.759. The Kier molecular flexibility index (Phi) is 4.45. The maximum absolute atomic E-state index is 2.62. The molecule has 6 unspecified atom stereocenters. The predicted molar refractivity (Wildman–Crippen MR) is 95.0 cm³/mol. The molecule has 0 saturated carbocycles. The first kappa shape index (κ1) is 16.3. The van der Waals surface area contributed by atoms with E-state index in [0.717, 1.165) is 31.0 Å². The summed E-state index contributed by atoms with van der Waals surface area (Å²) in [4.78, 5) is 0. The summed E-state index contributed by atoms with van der Waals surface area (Å²) in [6.07, 6.45) is 15.9. The van der Waals surface area contributed by atoms with E-state index < -0.39 is 22.9 Å². The topological polar surface area (TPSA) is 0 Å². The Labute approximate surface area is 153 Å².